The molecule has 1 unspecified atom stereocenters. The minimum absolute atomic E-state index is 0.187. The van der Waals surface area contributed by atoms with Crippen LogP contribution < -0.4 is 5.32 Å². The van der Waals surface area contributed by atoms with E-state index >= 15 is 0 Å². The van der Waals surface area contributed by atoms with Crippen molar-refractivity contribution in [3.05, 3.63) is 35.9 Å². The van der Waals surface area contributed by atoms with Gasteiger partial charge in [0.2, 0.25) is 5.91 Å². The molecule has 1 aliphatic heterocycles. The van der Waals surface area contributed by atoms with Crippen LogP contribution in [-0.2, 0) is 14.9 Å². The fourth-order valence-electron chi connectivity index (χ4n) is 3.66. The first-order valence-corrected chi connectivity index (χ1v) is 8.90. The average molecular weight is 332 g/mol. The predicted octanol–water partition coefficient (Wildman–Crippen LogP) is 1.31. The summed E-state index contributed by atoms with van der Waals surface area (Å²) in [5, 5.41) is 13.1. The van der Waals surface area contributed by atoms with Gasteiger partial charge >= 0.3 is 0 Å². The molecule has 1 heterocycles. The van der Waals surface area contributed by atoms with Gasteiger partial charge in [-0.05, 0) is 31.2 Å². The van der Waals surface area contributed by atoms with Gasteiger partial charge in [-0.2, -0.15) is 0 Å². The molecule has 1 aromatic rings. The average Bonchev–Trinajstić information content (AvgIpc) is 3.40. The summed E-state index contributed by atoms with van der Waals surface area (Å²) in [5.74, 6) is 0.187. The van der Waals surface area contributed by atoms with Crippen LogP contribution in [0.1, 0.15) is 31.2 Å². The lowest BCUT2D eigenvalue weighted by Gasteiger charge is -2.34. The van der Waals surface area contributed by atoms with Crippen LogP contribution in [0, 0.1) is 0 Å². The summed E-state index contributed by atoms with van der Waals surface area (Å²) in [6.07, 6.45) is 3.34. The third-order valence-corrected chi connectivity index (χ3v) is 5.26. The molecule has 1 amide bonds. The van der Waals surface area contributed by atoms with E-state index < -0.39 is 6.10 Å². The van der Waals surface area contributed by atoms with Gasteiger partial charge in [-0.15, -0.1) is 0 Å². The number of aliphatic hydroxyl groups excluding tert-OH is 1. The lowest BCUT2D eigenvalue weighted by Crippen LogP contribution is -2.49. The molecule has 24 heavy (non-hydrogen) atoms. The van der Waals surface area contributed by atoms with Gasteiger partial charge in [0.1, 0.15) is 0 Å². The third-order valence-electron chi connectivity index (χ3n) is 5.26. The molecule has 5 heteroatoms. The number of hydrogen-bond donors (Lipinski definition) is 2. The lowest BCUT2D eigenvalue weighted by molar-refractivity contribution is -0.124. The van der Waals surface area contributed by atoms with Crippen molar-refractivity contribution in [1.29, 1.82) is 0 Å². The summed E-state index contributed by atoms with van der Waals surface area (Å²) in [6.45, 7) is 2.83. The maximum atomic E-state index is 12.8. The normalized spacial score (nSPS) is 22.1. The Morgan fingerprint density at radius 2 is 2.00 bits per heavy atom. The molecule has 1 aromatic carbocycles. The van der Waals surface area contributed by atoms with Gasteiger partial charge in [0, 0.05) is 32.8 Å². The van der Waals surface area contributed by atoms with E-state index in [4.69, 9.17) is 4.74 Å². The molecule has 132 valence electrons. The smallest absolute Gasteiger partial charge is 0.230 e. The molecule has 0 radical (unpaired) electrons. The van der Waals surface area contributed by atoms with Crippen molar-refractivity contribution in [3.8, 4) is 0 Å². The van der Waals surface area contributed by atoms with Crippen molar-refractivity contribution in [1.82, 2.24) is 10.2 Å². The predicted molar refractivity (Wildman–Crippen MR) is 92.8 cm³/mol. The molecule has 0 bridgehead atoms. The summed E-state index contributed by atoms with van der Waals surface area (Å²) < 4.78 is 4.97. The van der Waals surface area contributed by atoms with Crippen molar-refractivity contribution in [2.24, 2.45) is 0 Å². The minimum Gasteiger partial charge on any atom is -0.389 e. The Morgan fingerprint density at radius 3 is 2.58 bits per heavy atom. The van der Waals surface area contributed by atoms with Crippen LogP contribution in [0.5, 0.6) is 0 Å². The molecule has 1 saturated heterocycles. The van der Waals surface area contributed by atoms with Crippen LogP contribution >= 0.6 is 0 Å². The Labute approximate surface area is 144 Å². The Bertz CT molecular complexity index is 537. The zero-order chi connectivity index (χ0) is 17.0. The summed E-state index contributed by atoms with van der Waals surface area (Å²) in [7, 11) is 1.60. The summed E-state index contributed by atoms with van der Waals surface area (Å²) >= 11 is 0. The van der Waals surface area contributed by atoms with Crippen LogP contribution in [-0.4, -0.2) is 61.4 Å². The number of carbonyl (C=O) groups is 1. The molecular formula is C19H28N2O3. The highest BCUT2D eigenvalue weighted by Gasteiger charge is 2.51. The SMILES string of the molecule is COCC(O)CN1CCC(NC(=O)C2(c3ccccc3)CC2)CC1. The third kappa shape index (κ3) is 3.97. The number of ether oxygens (including phenoxy) is 1. The highest BCUT2D eigenvalue weighted by molar-refractivity contribution is 5.91. The second kappa shape index (κ2) is 7.64. The molecule has 2 fully saturated rings. The Hall–Kier alpha value is -1.43. The van der Waals surface area contributed by atoms with Crippen LogP contribution in [0.4, 0.5) is 0 Å². The van der Waals surface area contributed by atoms with Crippen LogP contribution in [0.15, 0.2) is 30.3 Å². The highest BCUT2D eigenvalue weighted by Crippen LogP contribution is 2.48. The first-order valence-electron chi connectivity index (χ1n) is 8.90. The molecule has 0 aromatic heterocycles. The van der Waals surface area contributed by atoms with Gasteiger partial charge in [0.15, 0.2) is 0 Å². The minimum atomic E-state index is -0.436. The monoisotopic (exact) mass is 332 g/mol. The van der Waals surface area contributed by atoms with Crippen molar-refractivity contribution >= 4 is 5.91 Å². The molecule has 1 atom stereocenters. The maximum Gasteiger partial charge on any atom is 0.230 e. The van der Waals surface area contributed by atoms with Gasteiger partial charge in [-0.1, -0.05) is 30.3 Å². The van der Waals surface area contributed by atoms with Crippen molar-refractivity contribution in [2.45, 2.75) is 43.2 Å². The molecule has 0 spiro atoms. The standard InChI is InChI=1S/C19H28N2O3/c1-24-14-17(22)13-21-11-7-16(8-12-21)20-18(23)19(9-10-19)15-5-3-2-4-6-15/h2-6,16-17,22H,7-14H2,1H3,(H,20,23). The summed E-state index contributed by atoms with van der Waals surface area (Å²) in [6, 6.07) is 10.4. The Balaban J connectivity index is 1.47. The van der Waals surface area contributed by atoms with E-state index in [-0.39, 0.29) is 17.4 Å². The number of rotatable bonds is 7. The van der Waals surface area contributed by atoms with E-state index in [1.807, 2.05) is 18.2 Å². The zero-order valence-electron chi connectivity index (χ0n) is 14.4. The Morgan fingerprint density at radius 1 is 1.33 bits per heavy atom. The summed E-state index contributed by atoms with van der Waals surface area (Å²) in [4.78, 5) is 15.0. The Kier molecular flexibility index (Phi) is 5.54. The van der Waals surface area contributed by atoms with Gasteiger partial charge in [0.25, 0.3) is 0 Å². The van der Waals surface area contributed by atoms with Crippen LogP contribution in [0.2, 0.25) is 0 Å². The zero-order valence-corrected chi connectivity index (χ0v) is 14.4. The molecular weight excluding hydrogens is 304 g/mol. The lowest BCUT2D eigenvalue weighted by atomic mass is 9.94. The largest absolute Gasteiger partial charge is 0.389 e. The molecule has 1 saturated carbocycles. The molecule has 2 aliphatic rings. The van der Waals surface area contributed by atoms with E-state index in [9.17, 15) is 9.90 Å². The summed E-state index contributed by atoms with van der Waals surface area (Å²) in [5.41, 5.74) is 0.857. The highest BCUT2D eigenvalue weighted by atomic mass is 16.5. The first-order chi connectivity index (χ1) is 11.6. The molecule has 5 nitrogen and oxygen atoms in total. The quantitative estimate of drug-likeness (QED) is 0.790. The topological polar surface area (TPSA) is 61.8 Å². The number of carbonyl (C=O) groups excluding carboxylic acids is 1. The number of piperidine rings is 1. The maximum absolute atomic E-state index is 12.8. The molecule has 2 N–H and O–H groups in total. The van der Waals surface area contributed by atoms with E-state index in [0.29, 0.717) is 13.2 Å². The number of β-amino-alcohol motifs (C(OH)–C–C–N with tert-alkyl or cyclic N) is 1. The number of benzene rings is 1. The molecule has 3 rings (SSSR count). The van der Waals surface area contributed by atoms with E-state index in [0.717, 1.165) is 44.3 Å². The number of methoxy groups -OCH3 is 1. The number of nitrogens with one attached hydrogen (secondary N) is 1. The van der Waals surface area contributed by atoms with Gasteiger partial charge < -0.3 is 20.1 Å². The van der Waals surface area contributed by atoms with Crippen molar-refractivity contribution < 1.29 is 14.6 Å². The van der Waals surface area contributed by atoms with E-state index in [2.05, 4.69) is 22.3 Å². The van der Waals surface area contributed by atoms with Gasteiger partial charge in [-0.25, -0.2) is 0 Å². The van der Waals surface area contributed by atoms with E-state index in [1.54, 1.807) is 7.11 Å². The van der Waals surface area contributed by atoms with Crippen LogP contribution in [0.25, 0.3) is 0 Å². The fourth-order valence-corrected chi connectivity index (χ4v) is 3.66. The number of amides is 1. The molecule has 1 aliphatic carbocycles. The second-order valence-corrected chi connectivity index (χ2v) is 7.11. The van der Waals surface area contributed by atoms with Gasteiger partial charge in [-0.3, -0.25) is 4.79 Å². The fraction of sp³-hybridized carbons (Fsp3) is 0.632. The van der Waals surface area contributed by atoms with E-state index in [1.165, 1.54) is 0 Å². The van der Waals surface area contributed by atoms with Gasteiger partial charge in [0.05, 0.1) is 18.1 Å². The number of aliphatic hydroxyl groups is 1. The number of likely N-dealkylation sites (tertiary alicyclic amines) is 1. The van der Waals surface area contributed by atoms with Crippen molar-refractivity contribution in [3.63, 3.8) is 0 Å². The number of hydrogen-bond acceptors (Lipinski definition) is 4. The number of nitrogens with zero attached hydrogens (tertiary/aromatic N) is 1. The van der Waals surface area contributed by atoms with Crippen molar-refractivity contribution in [2.75, 3.05) is 33.4 Å². The first kappa shape index (κ1) is 17.4. The second-order valence-electron chi connectivity index (χ2n) is 7.11. The van der Waals surface area contributed by atoms with Crippen LogP contribution in [0.3, 0.4) is 0 Å².